The maximum atomic E-state index is 13.3. The maximum absolute atomic E-state index is 13.3. The van der Waals surface area contributed by atoms with E-state index in [0.717, 1.165) is 22.9 Å². The monoisotopic (exact) mass is 378 g/mol. The Hall–Kier alpha value is -3.54. The summed E-state index contributed by atoms with van der Waals surface area (Å²) < 4.78 is 41.4. The first kappa shape index (κ1) is 16.6. The van der Waals surface area contributed by atoms with Crippen molar-refractivity contribution in [3.63, 3.8) is 0 Å². The molecule has 138 valence electrons. The number of aromatic nitrogens is 2. The number of benzene rings is 3. The molecule has 3 aromatic carbocycles. The third-order valence-corrected chi connectivity index (χ3v) is 4.98. The first-order valence-corrected chi connectivity index (χ1v) is 8.67. The van der Waals surface area contributed by atoms with Crippen molar-refractivity contribution in [2.24, 2.45) is 0 Å². The maximum Gasteiger partial charge on any atom is 0.416 e. The molecule has 0 atom stereocenters. The molecule has 0 amide bonds. The van der Waals surface area contributed by atoms with Crippen molar-refractivity contribution in [1.29, 1.82) is 0 Å². The number of hydrogen-bond acceptors (Lipinski definition) is 1. The second-order valence-electron chi connectivity index (χ2n) is 6.63. The van der Waals surface area contributed by atoms with Gasteiger partial charge >= 0.3 is 11.9 Å². The number of para-hydroxylation sites is 2. The van der Waals surface area contributed by atoms with E-state index >= 15 is 0 Å². The molecule has 3 nitrogen and oxygen atoms in total. The fourth-order valence-corrected chi connectivity index (χ4v) is 3.82. The number of alkyl halides is 3. The largest absolute Gasteiger partial charge is 0.416 e. The summed E-state index contributed by atoms with van der Waals surface area (Å²) in [6.07, 6.45) is -4.44. The lowest BCUT2D eigenvalue weighted by molar-refractivity contribution is -0.137. The number of nitrogens with one attached hydrogen (secondary N) is 1. The Labute approximate surface area is 156 Å². The van der Waals surface area contributed by atoms with E-state index in [1.54, 1.807) is 30.3 Å². The Kier molecular flexibility index (Phi) is 3.40. The molecule has 0 spiro atoms. The molecular weight excluding hydrogens is 365 g/mol. The molecule has 0 saturated heterocycles. The normalized spacial score (nSPS) is 12.2. The lowest BCUT2D eigenvalue weighted by atomic mass is 9.99. The van der Waals surface area contributed by atoms with E-state index in [1.807, 2.05) is 24.3 Å². The van der Waals surface area contributed by atoms with Crippen LogP contribution in [0.15, 0.2) is 77.6 Å². The van der Waals surface area contributed by atoms with Crippen LogP contribution < -0.4 is 5.69 Å². The average Bonchev–Trinajstić information content (AvgIpc) is 3.04. The first-order valence-electron chi connectivity index (χ1n) is 8.67. The van der Waals surface area contributed by atoms with Crippen LogP contribution in [-0.4, -0.2) is 9.38 Å². The topological polar surface area (TPSA) is 37.3 Å². The highest BCUT2D eigenvalue weighted by Gasteiger charge is 2.31. The lowest BCUT2D eigenvalue weighted by Gasteiger charge is -2.10. The van der Waals surface area contributed by atoms with Crippen molar-refractivity contribution in [2.75, 3.05) is 0 Å². The molecule has 1 N–H and O–H groups in total. The quantitative estimate of drug-likeness (QED) is 0.404. The number of rotatable bonds is 1. The highest BCUT2D eigenvalue weighted by molar-refractivity contribution is 6.13. The van der Waals surface area contributed by atoms with E-state index in [4.69, 9.17) is 0 Å². The van der Waals surface area contributed by atoms with Gasteiger partial charge in [0.25, 0.3) is 0 Å². The Balaban J connectivity index is 2.03. The second-order valence-corrected chi connectivity index (χ2v) is 6.63. The fourth-order valence-electron chi connectivity index (χ4n) is 3.82. The molecule has 5 aromatic rings. The van der Waals surface area contributed by atoms with Crippen molar-refractivity contribution in [3.8, 4) is 11.1 Å². The first-order chi connectivity index (χ1) is 13.4. The molecule has 2 heterocycles. The van der Waals surface area contributed by atoms with Gasteiger partial charge in [0.05, 0.1) is 22.1 Å². The number of hydrogen-bond donors (Lipinski definition) is 1. The molecule has 0 saturated carbocycles. The van der Waals surface area contributed by atoms with E-state index in [1.165, 1.54) is 10.5 Å². The summed E-state index contributed by atoms with van der Waals surface area (Å²) in [5.74, 6) is 0. The highest BCUT2D eigenvalue weighted by atomic mass is 19.4. The standard InChI is InChI=1S/C22H13F3N2O/c23-22(24,25)14-7-5-6-13(12-14)19-16-9-2-4-11-18(16)27-20(19)15-8-1-3-10-17(15)26-21(27)28/h1-12H,(H,26,28). The highest BCUT2D eigenvalue weighted by Crippen LogP contribution is 2.39. The van der Waals surface area contributed by atoms with Crippen molar-refractivity contribution in [2.45, 2.75) is 6.18 Å². The van der Waals surface area contributed by atoms with Crippen LogP contribution in [0.25, 0.3) is 38.4 Å². The summed E-state index contributed by atoms with van der Waals surface area (Å²) in [5.41, 5.74) is 1.87. The molecule has 0 bridgehead atoms. The van der Waals surface area contributed by atoms with Gasteiger partial charge in [-0.15, -0.1) is 0 Å². The summed E-state index contributed by atoms with van der Waals surface area (Å²) in [6, 6.07) is 19.8. The van der Waals surface area contributed by atoms with Gasteiger partial charge in [0.1, 0.15) is 0 Å². The zero-order valence-electron chi connectivity index (χ0n) is 14.4. The number of nitrogens with zero attached hydrogens (tertiary/aromatic N) is 1. The fraction of sp³-hybridized carbons (Fsp3) is 0.0455. The molecular formula is C22H13F3N2O. The van der Waals surface area contributed by atoms with Crippen LogP contribution in [-0.2, 0) is 6.18 Å². The van der Waals surface area contributed by atoms with Crippen LogP contribution >= 0.6 is 0 Å². The Bertz CT molecular complexity index is 1430. The van der Waals surface area contributed by atoms with Crippen molar-refractivity contribution in [3.05, 3.63) is 88.8 Å². The van der Waals surface area contributed by atoms with Gasteiger partial charge in [0.2, 0.25) is 0 Å². The molecule has 0 unspecified atom stereocenters. The summed E-state index contributed by atoms with van der Waals surface area (Å²) >= 11 is 0. The smallest absolute Gasteiger partial charge is 0.307 e. The van der Waals surface area contributed by atoms with Crippen molar-refractivity contribution >= 4 is 27.3 Å². The molecule has 0 aliphatic heterocycles. The average molecular weight is 378 g/mol. The summed E-state index contributed by atoms with van der Waals surface area (Å²) in [6.45, 7) is 0. The van der Waals surface area contributed by atoms with Gasteiger partial charge in [-0.25, -0.2) is 4.79 Å². The van der Waals surface area contributed by atoms with Crippen LogP contribution in [0, 0.1) is 0 Å². The van der Waals surface area contributed by atoms with Gasteiger partial charge in [-0.2, -0.15) is 13.2 Å². The van der Waals surface area contributed by atoms with Crippen LogP contribution in [0.4, 0.5) is 13.2 Å². The molecule has 0 fully saturated rings. The van der Waals surface area contributed by atoms with Crippen LogP contribution in [0.2, 0.25) is 0 Å². The van der Waals surface area contributed by atoms with E-state index < -0.39 is 11.7 Å². The predicted octanol–water partition coefficient (Wildman–Crippen LogP) is 5.62. The summed E-state index contributed by atoms with van der Waals surface area (Å²) in [4.78, 5) is 15.7. The Morgan fingerprint density at radius 3 is 2.32 bits per heavy atom. The minimum atomic E-state index is -4.44. The number of halogens is 3. The van der Waals surface area contributed by atoms with E-state index in [0.29, 0.717) is 27.7 Å². The number of H-pyrrole nitrogens is 1. The third-order valence-electron chi connectivity index (χ3n) is 4.98. The van der Waals surface area contributed by atoms with Crippen LogP contribution in [0.1, 0.15) is 5.56 Å². The summed E-state index contributed by atoms with van der Waals surface area (Å²) in [7, 11) is 0. The number of fused-ring (bicyclic) bond motifs is 5. The third kappa shape index (κ3) is 2.34. The molecule has 0 radical (unpaired) electrons. The molecule has 28 heavy (non-hydrogen) atoms. The minimum absolute atomic E-state index is 0.330. The van der Waals surface area contributed by atoms with Crippen LogP contribution in [0.3, 0.4) is 0 Å². The molecule has 2 aromatic heterocycles. The zero-order valence-corrected chi connectivity index (χ0v) is 14.4. The zero-order chi connectivity index (χ0) is 19.5. The number of aromatic amines is 1. The van der Waals surface area contributed by atoms with E-state index in [9.17, 15) is 18.0 Å². The van der Waals surface area contributed by atoms with Crippen molar-refractivity contribution < 1.29 is 13.2 Å². The molecule has 6 heteroatoms. The summed E-state index contributed by atoms with van der Waals surface area (Å²) in [5, 5.41) is 1.49. The van der Waals surface area contributed by atoms with Gasteiger partial charge in [0, 0.05) is 16.3 Å². The molecule has 0 aliphatic carbocycles. The van der Waals surface area contributed by atoms with Gasteiger partial charge in [-0.1, -0.05) is 48.5 Å². The van der Waals surface area contributed by atoms with Gasteiger partial charge in [-0.3, -0.25) is 4.40 Å². The molecule has 0 aliphatic rings. The molecule has 5 rings (SSSR count). The second kappa shape index (κ2) is 5.73. The van der Waals surface area contributed by atoms with Crippen molar-refractivity contribution in [1.82, 2.24) is 9.38 Å². The van der Waals surface area contributed by atoms with E-state index in [2.05, 4.69) is 4.98 Å². The van der Waals surface area contributed by atoms with Gasteiger partial charge in [0.15, 0.2) is 0 Å². The van der Waals surface area contributed by atoms with Gasteiger partial charge < -0.3 is 4.98 Å². The Morgan fingerprint density at radius 1 is 0.821 bits per heavy atom. The Morgan fingerprint density at radius 2 is 1.54 bits per heavy atom. The van der Waals surface area contributed by atoms with Gasteiger partial charge in [-0.05, 0) is 29.8 Å². The lowest BCUT2D eigenvalue weighted by Crippen LogP contribution is -2.15. The van der Waals surface area contributed by atoms with E-state index in [-0.39, 0.29) is 5.69 Å². The minimum Gasteiger partial charge on any atom is -0.307 e. The predicted molar refractivity (Wildman–Crippen MR) is 103 cm³/mol. The SMILES string of the molecule is O=c1[nH]c2ccccc2c2c(-c3cccc(C(F)(F)F)c3)c3ccccc3n12. The van der Waals surface area contributed by atoms with Crippen LogP contribution in [0.5, 0.6) is 0 Å².